The van der Waals surface area contributed by atoms with Crippen molar-refractivity contribution >= 4 is 23.2 Å². The first-order valence-corrected chi connectivity index (χ1v) is 9.07. The molecule has 0 fully saturated rings. The minimum atomic E-state index is -0.417. The molecule has 3 rings (SSSR count). The number of phenols is 1. The molecular weight excluding hydrogens is 352 g/mol. The minimum Gasteiger partial charge on any atom is -0.507 e. The molecule has 5 heteroatoms. The summed E-state index contributed by atoms with van der Waals surface area (Å²) in [5.74, 6) is -0.690. The van der Waals surface area contributed by atoms with Crippen LogP contribution in [0.15, 0.2) is 78.9 Å². The molecule has 0 spiro atoms. The fourth-order valence-electron chi connectivity index (χ4n) is 2.91. The Morgan fingerprint density at radius 3 is 2.14 bits per heavy atom. The maximum atomic E-state index is 12.3. The lowest BCUT2D eigenvalue weighted by atomic mass is 9.97. The van der Waals surface area contributed by atoms with Crippen LogP contribution in [0, 0.1) is 0 Å². The molecule has 1 unspecified atom stereocenters. The molecule has 3 N–H and O–H groups in total. The molecule has 0 aliphatic carbocycles. The predicted molar refractivity (Wildman–Crippen MR) is 111 cm³/mol. The zero-order chi connectivity index (χ0) is 19.9. The standard InChI is InChI=1S/C23H22N2O3/c1-16(17-8-4-2-5-9-17)14-22(27)24-19-12-13-20(21(26)15-19)23(28)25-18-10-6-3-7-11-18/h2-13,15-16,26H,14H2,1H3,(H,24,27)(H,25,28). The van der Waals surface area contributed by atoms with E-state index >= 15 is 0 Å². The minimum absolute atomic E-state index is 0.0747. The van der Waals surface area contributed by atoms with Gasteiger partial charge in [0.05, 0.1) is 5.56 Å². The summed E-state index contributed by atoms with van der Waals surface area (Å²) in [5, 5.41) is 15.7. The molecule has 28 heavy (non-hydrogen) atoms. The van der Waals surface area contributed by atoms with Crippen molar-refractivity contribution in [2.24, 2.45) is 0 Å². The van der Waals surface area contributed by atoms with Gasteiger partial charge < -0.3 is 15.7 Å². The van der Waals surface area contributed by atoms with Crippen molar-refractivity contribution in [3.8, 4) is 5.75 Å². The molecule has 3 aromatic rings. The summed E-state index contributed by atoms with van der Waals surface area (Å²) in [7, 11) is 0. The van der Waals surface area contributed by atoms with Gasteiger partial charge >= 0.3 is 0 Å². The number of rotatable bonds is 6. The van der Waals surface area contributed by atoms with E-state index in [0.29, 0.717) is 17.8 Å². The first kappa shape index (κ1) is 19.2. The number of para-hydroxylation sites is 1. The Morgan fingerprint density at radius 1 is 0.857 bits per heavy atom. The summed E-state index contributed by atoms with van der Waals surface area (Å²) in [6.45, 7) is 1.99. The summed E-state index contributed by atoms with van der Waals surface area (Å²) in [4.78, 5) is 24.6. The normalized spacial score (nSPS) is 11.5. The van der Waals surface area contributed by atoms with Crippen LogP contribution in [0.3, 0.4) is 0 Å². The summed E-state index contributed by atoms with van der Waals surface area (Å²) in [6.07, 6.45) is 0.320. The van der Waals surface area contributed by atoms with E-state index in [2.05, 4.69) is 10.6 Å². The van der Waals surface area contributed by atoms with E-state index in [1.54, 1.807) is 18.2 Å². The highest BCUT2D eigenvalue weighted by Gasteiger charge is 2.14. The monoisotopic (exact) mass is 374 g/mol. The van der Waals surface area contributed by atoms with Crippen molar-refractivity contribution in [1.82, 2.24) is 0 Å². The molecule has 0 aromatic heterocycles. The van der Waals surface area contributed by atoms with Gasteiger partial charge in [-0.25, -0.2) is 0 Å². The van der Waals surface area contributed by atoms with Gasteiger partial charge in [-0.2, -0.15) is 0 Å². The van der Waals surface area contributed by atoms with E-state index in [1.807, 2.05) is 55.5 Å². The number of carbonyl (C=O) groups excluding carboxylic acids is 2. The van der Waals surface area contributed by atoms with Crippen LogP contribution in [-0.2, 0) is 4.79 Å². The maximum absolute atomic E-state index is 12.3. The number of hydrogen-bond acceptors (Lipinski definition) is 3. The molecule has 0 bridgehead atoms. The fourth-order valence-corrected chi connectivity index (χ4v) is 2.91. The van der Waals surface area contributed by atoms with Gasteiger partial charge in [-0.15, -0.1) is 0 Å². The number of phenolic OH excluding ortho intramolecular Hbond substituents is 1. The lowest BCUT2D eigenvalue weighted by molar-refractivity contribution is -0.116. The molecule has 0 saturated carbocycles. The largest absolute Gasteiger partial charge is 0.507 e. The Kier molecular flexibility index (Phi) is 6.07. The van der Waals surface area contributed by atoms with Gasteiger partial charge in [0, 0.05) is 23.9 Å². The van der Waals surface area contributed by atoms with Crippen LogP contribution in [-0.4, -0.2) is 16.9 Å². The van der Waals surface area contributed by atoms with Gasteiger partial charge in [0.2, 0.25) is 5.91 Å². The molecule has 2 amide bonds. The van der Waals surface area contributed by atoms with Crippen molar-refractivity contribution in [1.29, 1.82) is 0 Å². The molecule has 0 radical (unpaired) electrons. The Bertz CT molecular complexity index is 956. The van der Waals surface area contributed by atoms with Crippen molar-refractivity contribution in [2.45, 2.75) is 19.3 Å². The first-order valence-electron chi connectivity index (χ1n) is 9.07. The third-order valence-corrected chi connectivity index (χ3v) is 4.42. The second-order valence-corrected chi connectivity index (χ2v) is 6.62. The van der Waals surface area contributed by atoms with Gasteiger partial charge in [-0.1, -0.05) is 55.5 Å². The fraction of sp³-hybridized carbons (Fsp3) is 0.130. The lowest BCUT2D eigenvalue weighted by Crippen LogP contribution is -2.15. The van der Waals surface area contributed by atoms with Crippen molar-refractivity contribution < 1.29 is 14.7 Å². The Hall–Kier alpha value is -3.60. The quantitative estimate of drug-likeness (QED) is 0.581. The van der Waals surface area contributed by atoms with E-state index in [0.717, 1.165) is 5.56 Å². The molecule has 5 nitrogen and oxygen atoms in total. The Morgan fingerprint density at radius 2 is 1.50 bits per heavy atom. The van der Waals surface area contributed by atoms with Crippen LogP contribution in [0.1, 0.15) is 35.2 Å². The molecule has 0 heterocycles. The zero-order valence-corrected chi connectivity index (χ0v) is 15.6. The third-order valence-electron chi connectivity index (χ3n) is 4.42. The predicted octanol–water partition coefficient (Wildman–Crippen LogP) is 4.78. The number of anilines is 2. The average Bonchev–Trinajstić information content (AvgIpc) is 2.69. The van der Waals surface area contributed by atoms with Gasteiger partial charge in [0.15, 0.2) is 0 Å². The van der Waals surface area contributed by atoms with Crippen LogP contribution >= 0.6 is 0 Å². The number of carbonyl (C=O) groups is 2. The number of hydrogen-bond donors (Lipinski definition) is 3. The number of benzene rings is 3. The van der Waals surface area contributed by atoms with Crippen molar-refractivity contribution in [3.05, 3.63) is 90.0 Å². The van der Waals surface area contributed by atoms with Crippen molar-refractivity contribution in [3.63, 3.8) is 0 Å². The third kappa shape index (κ3) is 4.98. The van der Waals surface area contributed by atoms with Gasteiger partial charge in [0.1, 0.15) is 5.75 Å². The SMILES string of the molecule is CC(CC(=O)Nc1ccc(C(=O)Nc2ccccc2)c(O)c1)c1ccccc1. The molecule has 1 atom stereocenters. The summed E-state index contributed by atoms with van der Waals surface area (Å²) in [5.41, 5.74) is 2.31. The highest BCUT2D eigenvalue weighted by Crippen LogP contribution is 2.24. The van der Waals surface area contributed by atoms with E-state index < -0.39 is 5.91 Å². The molecule has 142 valence electrons. The van der Waals surface area contributed by atoms with E-state index in [9.17, 15) is 14.7 Å². The summed E-state index contributed by atoms with van der Waals surface area (Å²) >= 11 is 0. The molecule has 0 aliphatic heterocycles. The van der Waals surface area contributed by atoms with Gasteiger partial charge in [0.25, 0.3) is 5.91 Å². The highest BCUT2D eigenvalue weighted by molar-refractivity contribution is 6.06. The Balaban J connectivity index is 1.62. The van der Waals surface area contributed by atoms with Crippen LogP contribution in [0.25, 0.3) is 0 Å². The van der Waals surface area contributed by atoms with E-state index in [1.165, 1.54) is 12.1 Å². The molecule has 3 aromatic carbocycles. The summed E-state index contributed by atoms with van der Waals surface area (Å²) in [6, 6.07) is 23.3. The Labute approximate surface area is 164 Å². The van der Waals surface area contributed by atoms with Gasteiger partial charge in [-0.05, 0) is 35.7 Å². The summed E-state index contributed by atoms with van der Waals surface area (Å²) < 4.78 is 0. The number of nitrogens with one attached hydrogen (secondary N) is 2. The highest BCUT2D eigenvalue weighted by atomic mass is 16.3. The second-order valence-electron chi connectivity index (χ2n) is 6.62. The average molecular weight is 374 g/mol. The topological polar surface area (TPSA) is 78.4 Å². The van der Waals surface area contributed by atoms with Crippen LogP contribution in [0.4, 0.5) is 11.4 Å². The number of aromatic hydroxyl groups is 1. The second kappa shape index (κ2) is 8.86. The smallest absolute Gasteiger partial charge is 0.259 e. The lowest BCUT2D eigenvalue weighted by Gasteiger charge is -2.13. The zero-order valence-electron chi connectivity index (χ0n) is 15.6. The van der Waals surface area contributed by atoms with Crippen LogP contribution in [0.2, 0.25) is 0 Å². The first-order chi connectivity index (χ1) is 13.5. The van der Waals surface area contributed by atoms with Gasteiger partial charge in [-0.3, -0.25) is 9.59 Å². The molecular formula is C23H22N2O3. The maximum Gasteiger partial charge on any atom is 0.259 e. The van der Waals surface area contributed by atoms with Crippen molar-refractivity contribution in [2.75, 3.05) is 10.6 Å². The van der Waals surface area contributed by atoms with E-state index in [4.69, 9.17) is 0 Å². The molecule has 0 aliphatic rings. The molecule has 0 saturated heterocycles. The van der Waals surface area contributed by atoms with Crippen LogP contribution < -0.4 is 10.6 Å². The van der Waals surface area contributed by atoms with Crippen LogP contribution in [0.5, 0.6) is 5.75 Å². The number of amides is 2. The van der Waals surface area contributed by atoms with E-state index in [-0.39, 0.29) is 23.1 Å².